The summed E-state index contributed by atoms with van der Waals surface area (Å²) >= 11 is 17.8. The van der Waals surface area contributed by atoms with E-state index >= 15 is 0 Å². The van der Waals surface area contributed by atoms with Gasteiger partial charge >= 0.3 is 0 Å². The van der Waals surface area contributed by atoms with Crippen LogP contribution in [0.4, 0.5) is 0 Å². The molecule has 2 aromatic heterocycles. The maximum Gasteiger partial charge on any atom is 0.198 e. The summed E-state index contributed by atoms with van der Waals surface area (Å²) < 4.78 is 1.72. The molecular weight excluding hydrogens is 270 g/mol. The predicted molar refractivity (Wildman–Crippen MR) is 63.3 cm³/mol. The van der Waals surface area contributed by atoms with Crippen LogP contribution >= 0.6 is 34.8 Å². The van der Waals surface area contributed by atoms with Crippen LogP contribution < -0.4 is 0 Å². The second-order valence-electron chi connectivity index (χ2n) is 3.18. The molecule has 3 aromatic rings. The molecule has 16 heavy (non-hydrogen) atoms. The summed E-state index contributed by atoms with van der Waals surface area (Å²) in [5, 5.41) is 8.81. The Morgan fingerprint density at radius 1 is 1.06 bits per heavy atom. The topological polar surface area (TPSA) is 43.1 Å². The van der Waals surface area contributed by atoms with Crippen LogP contribution in [-0.4, -0.2) is 19.6 Å². The van der Waals surface area contributed by atoms with E-state index in [4.69, 9.17) is 34.8 Å². The first kappa shape index (κ1) is 10.1. The van der Waals surface area contributed by atoms with Crippen molar-refractivity contribution in [3.8, 4) is 0 Å². The Morgan fingerprint density at radius 3 is 2.62 bits per heavy atom. The zero-order chi connectivity index (χ0) is 11.3. The summed E-state index contributed by atoms with van der Waals surface area (Å²) in [6.45, 7) is 0. The summed E-state index contributed by atoms with van der Waals surface area (Å²) in [4.78, 5) is 4.18. The van der Waals surface area contributed by atoms with Gasteiger partial charge in [-0.1, -0.05) is 34.8 Å². The summed E-state index contributed by atoms with van der Waals surface area (Å²) in [6, 6.07) is 3.36. The highest BCUT2D eigenvalue weighted by Gasteiger charge is 2.10. The van der Waals surface area contributed by atoms with Gasteiger partial charge in [0.25, 0.3) is 0 Å². The lowest BCUT2D eigenvalue weighted by Crippen LogP contribution is -1.92. The Morgan fingerprint density at radius 2 is 1.81 bits per heavy atom. The van der Waals surface area contributed by atoms with Crippen LogP contribution in [0.5, 0.6) is 0 Å². The van der Waals surface area contributed by atoms with Gasteiger partial charge in [0, 0.05) is 0 Å². The van der Waals surface area contributed by atoms with Crippen LogP contribution in [-0.2, 0) is 0 Å². The van der Waals surface area contributed by atoms with E-state index < -0.39 is 0 Å². The summed E-state index contributed by atoms with van der Waals surface area (Å²) in [5.74, 6) is 0. The van der Waals surface area contributed by atoms with Crippen molar-refractivity contribution < 1.29 is 0 Å². The zero-order valence-electron chi connectivity index (χ0n) is 7.65. The van der Waals surface area contributed by atoms with E-state index in [-0.39, 0.29) is 5.15 Å². The fraction of sp³-hybridized carbons (Fsp3) is 0. The van der Waals surface area contributed by atoms with Crippen molar-refractivity contribution in [3.05, 3.63) is 33.7 Å². The van der Waals surface area contributed by atoms with Crippen LogP contribution in [0.2, 0.25) is 15.2 Å². The molecule has 7 heteroatoms. The molecule has 0 N–H and O–H groups in total. The molecule has 0 aliphatic carbocycles. The van der Waals surface area contributed by atoms with Crippen LogP contribution in [0, 0.1) is 0 Å². The second kappa shape index (κ2) is 3.45. The van der Waals surface area contributed by atoms with Gasteiger partial charge in [0.1, 0.15) is 6.33 Å². The average molecular weight is 274 g/mol. The van der Waals surface area contributed by atoms with Gasteiger partial charge in [-0.15, -0.1) is 10.2 Å². The van der Waals surface area contributed by atoms with E-state index in [0.29, 0.717) is 21.2 Å². The second-order valence-corrected chi connectivity index (χ2v) is 4.35. The molecule has 0 unspecified atom stereocenters. The van der Waals surface area contributed by atoms with Gasteiger partial charge in [0.2, 0.25) is 0 Å². The molecule has 0 fully saturated rings. The van der Waals surface area contributed by atoms with Crippen molar-refractivity contribution in [2.75, 3.05) is 0 Å². The normalized spacial score (nSPS) is 11.4. The van der Waals surface area contributed by atoms with Crippen molar-refractivity contribution >= 4 is 51.5 Å². The number of hydrogen-bond acceptors (Lipinski definition) is 3. The molecular formula is C9H3Cl3N4. The first-order valence-corrected chi connectivity index (χ1v) is 5.44. The van der Waals surface area contributed by atoms with Crippen LogP contribution in [0.1, 0.15) is 0 Å². The molecule has 3 rings (SSSR count). The molecule has 0 amide bonds. The molecule has 80 valence electrons. The minimum Gasteiger partial charge on any atom is -0.277 e. The largest absolute Gasteiger partial charge is 0.277 e. The van der Waals surface area contributed by atoms with E-state index in [1.54, 1.807) is 22.9 Å². The summed E-state index contributed by atoms with van der Waals surface area (Å²) in [5.41, 5.74) is 1.90. The molecule has 0 aliphatic heterocycles. The quantitative estimate of drug-likeness (QED) is 0.631. The Kier molecular flexibility index (Phi) is 2.17. The molecule has 0 spiro atoms. The van der Waals surface area contributed by atoms with Gasteiger partial charge < -0.3 is 0 Å². The van der Waals surface area contributed by atoms with E-state index in [1.165, 1.54) is 0 Å². The monoisotopic (exact) mass is 272 g/mol. The minimum atomic E-state index is 0.281. The highest BCUT2D eigenvalue weighted by atomic mass is 35.5. The summed E-state index contributed by atoms with van der Waals surface area (Å²) in [7, 11) is 0. The van der Waals surface area contributed by atoms with Crippen molar-refractivity contribution in [1.29, 1.82) is 0 Å². The number of halogens is 3. The molecule has 2 heterocycles. The molecule has 0 saturated heterocycles. The third-order valence-corrected chi connectivity index (χ3v) is 3.20. The Bertz CT molecular complexity index is 707. The van der Waals surface area contributed by atoms with Crippen LogP contribution in [0.25, 0.3) is 16.7 Å². The lowest BCUT2D eigenvalue weighted by molar-refractivity contribution is 1.11. The maximum absolute atomic E-state index is 5.96. The fourth-order valence-electron chi connectivity index (χ4n) is 1.52. The maximum atomic E-state index is 5.96. The number of hydrogen-bond donors (Lipinski definition) is 0. The van der Waals surface area contributed by atoms with Gasteiger partial charge in [-0.3, -0.25) is 4.40 Å². The predicted octanol–water partition coefficient (Wildman–Crippen LogP) is 3.24. The zero-order valence-corrected chi connectivity index (χ0v) is 9.92. The SMILES string of the molecule is Clc1cc2nc(Cl)c3nncn3c2cc1Cl. The summed E-state index contributed by atoms with van der Waals surface area (Å²) in [6.07, 6.45) is 1.55. The standard InChI is InChI=1S/C9H3Cl3N4/c10-4-1-6-7(2-5(4)11)16-3-13-15-9(16)8(12)14-6/h1-3H. The van der Waals surface area contributed by atoms with Crippen molar-refractivity contribution in [2.24, 2.45) is 0 Å². The molecule has 0 aliphatic rings. The minimum absolute atomic E-state index is 0.281. The van der Waals surface area contributed by atoms with Gasteiger partial charge in [-0.2, -0.15) is 0 Å². The van der Waals surface area contributed by atoms with E-state index in [0.717, 1.165) is 5.52 Å². The highest BCUT2D eigenvalue weighted by molar-refractivity contribution is 6.42. The molecule has 0 bridgehead atoms. The van der Waals surface area contributed by atoms with Crippen molar-refractivity contribution in [3.63, 3.8) is 0 Å². The number of rotatable bonds is 0. The third-order valence-electron chi connectivity index (χ3n) is 2.23. The molecule has 0 saturated carbocycles. The van der Waals surface area contributed by atoms with Crippen molar-refractivity contribution in [2.45, 2.75) is 0 Å². The third kappa shape index (κ3) is 1.34. The van der Waals surface area contributed by atoms with Gasteiger partial charge in [0.15, 0.2) is 10.8 Å². The van der Waals surface area contributed by atoms with E-state index in [1.807, 2.05) is 0 Å². The van der Waals surface area contributed by atoms with Crippen molar-refractivity contribution in [1.82, 2.24) is 19.6 Å². The fourth-order valence-corrected chi connectivity index (χ4v) is 2.05. The molecule has 0 atom stereocenters. The van der Waals surface area contributed by atoms with E-state index in [2.05, 4.69) is 15.2 Å². The van der Waals surface area contributed by atoms with Crippen LogP contribution in [0.15, 0.2) is 18.5 Å². The van der Waals surface area contributed by atoms with Gasteiger partial charge in [-0.05, 0) is 12.1 Å². The highest BCUT2D eigenvalue weighted by Crippen LogP contribution is 2.28. The first-order chi connectivity index (χ1) is 7.66. The average Bonchev–Trinajstić information content (AvgIpc) is 2.71. The number of nitrogens with zero attached hydrogens (tertiary/aromatic N) is 4. The molecule has 0 radical (unpaired) electrons. The lowest BCUT2D eigenvalue weighted by atomic mass is 10.3. The Labute approximate surface area is 105 Å². The lowest BCUT2D eigenvalue weighted by Gasteiger charge is -2.03. The molecule has 4 nitrogen and oxygen atoms in total. The smallest absolute Gasteiger partial charge is 0.198 e. The first-order valence-electron chi connectivity index (χ1n) is 4.31. The number of aromatic nitrogens is 4. The van der Waals surface area contributed by atoms with Crippen LogP contribution in [0.3, 0.4) is 0 Å². The Balaban J connectivity index is 2.59. The number of fused-ring (bicyclic) bond motifs is 3. The molecule has 1 aromatic carbocycles. The number of benzene rings is 1. The van der Waals surface area contributed by atoms with Gasteiger partial charge in [0.05, 0.1) is 21.1 Å². The van der Waals surface area contributed by atoms with Gasteiger partial charge in [-0.25, -0.2) is 4.98 Å². The van der Waals surface area contributed by atoms with E-state index in [9.17, 15) is 0 Å². The Hall–Kier alpha value is -1.10.